The van der Waals surface area contributed by atoms with Gasteiger partial charge in [0.1, 0.15) is 23.7 Å². The second kappa shape index (κ2) is 7.80. The minimum absolute atomic E-state index is 0.147. The van der Waals surface area contributed by atoms with Gasteiger partial charge in [-0.05, 0) is 44.2 Å². The first-order valence-electron chi connectivity index (χ1n) is 10.2. The van der Waals surface area contributed by atoms with Crippen LogP contribution in [0.4, 0.5) is 0 Å². The largest absolute Gasteiger partial charge is 0.489 e. The second-order valence-electron chi connectivity index (χ2n) is 7.60. The highest BCUT2D eigenvalue weighted by Gasteiger charge is 2.17. The lowest BCUT2D eigenvalue weighted by Gasteiger charge is -2.09. The number of ether oxygens (including phenoxy) is 1. The number of hydrogen-bond donors (Lipinski definition) is 1. The van der Waals surface area contributed by atoms with Crippen molar-refractivity contribution in [3.8, 4) is 11.4 Å². The molecule has 0 bridgehead atoms. The first kappa shape index (κ1) is 18.6. The molecule has 1 N–H and O–H groups in total. The number of pyridine rings is 2. The molecule has 0 radical (unpaired) electrons. The van der Waals surface area contributed by atoms with E-state index in [2.05, 4.69) is 16.4 Å². The Morgan fingerprint density at radius 2 is 2.03 bits per heavy atom. The van der Waals surface area contributed by atoms with Crippen LogP contribution in [-0.2, 0) is 19.4 Å². The molecule has 0 aliphatic carbocycles. The molecule has 1 aromatic carbocycles. The highest BCUT2D eigenvalue weighted by Crippen LogP contribution is 2.29. The number of aryl methyl sites for hydroxylation is 1. The van der Waals surface area contributed by atoms with Crippen LogP contribution in [-0.4, -0.2) is 22.6 Å². The number of aromatic nitrogens is 2. The van der Waals surface area contributed by atoms with Crippen molar-refractivity contribution in [1.29, 1.82) is 0 Å². The fourth-order valence-electron chi connectivity index (χ4n) is 3.87. The molecule has 1 aliphatic heterocycles. The zero-order chi connectivity index (χ0) is 20.5. The number of fused-ring (bicyclic) bond motifs is 3. The maximum absolute atomic E-state index is 12.7. The summed E-state index contributed by atoms with van der Waals surface area (Å²) in [4.78, 5) is 17.0. The molecule has 30 heavy (non-hydrogen) atoms. The number of nitrogens with one attached hydrogen (secondary N) is 1. The summed E-state index contributed by atoms with van der Waals surface area (Å²) >= 11 is 0. The van der Waals surface area contributed by atoms with Crippen LogP contribution in [0.5, 0.6) is 5.75 Å². The monoisotopic (exact) mass is 401 g/mol. The molecule has 1 aliphatic rings. The van der Waals surface area contributed by atoms with E-state index in [1.165, 1.54) is 11.6 Å². The van der Waals surface area contributed by atoms with Gasteiger partial charge in [0.25, 0.3) is 5.56 Å². The highest BCUT2D eigenvalue weighted by molar-refractivity contribution is 5.84. The number of furan rings is 1. The molecule has 6 nitrogen and oxygen atoms in total. The Bertz CT molecular complexity index is 1260. The number of rotatable bonds is 4. The summed E-state index contributed by atoms with van der Waals surface area (Å²) in [7, 11) is 0. The summed E-state index contributed by atoms with van der Waals surface area (Å²) in [6, 6.07) is 13.2. The summed E-state index contributed by atoms with van der Waals surface area (Å²) in [6.07, 6.45) is 5.38. The molecule has 0 saturated heterocycles. The predicted octanol–water partition coefficient (Wildman–Crippen LogP) is 3.55. The van der Waals surface area contributed by atoms with E-state index < -0.39 is 0 Å². The molecular formula is C24H23N3O3. The molecule has 0 atom stereocenters. The van der Waals surface area contributed by atoms with Crippen molar-refractivity contribution in [1.82, 2.24) is 14.9 Å². The lowest BCUT2D eigenvalue weighted by molar-refractivity contribution is 0.304. The van der Waals surface area contributed by atoms with Gasteiger partial charge in [-0.15, -0.1) is 0 Å². The van der Waals surface area contributed by atoms with Gasteiger partial charge in [0.05, 0.1) is 5.69 Å². The van der Waals surface area contributed by atoms with Crippen molar-refractivity contribution in [3.63, 3.8) is 0 Å². The van der Waals surface area contributed by atoms with Crippen LogP contribution >= 0.6 is 0 Å². The molecule has 6 heteroatoms. The Kier molecular flexibility index (Phi) is 4.85. The van der Waals surface area contributed by atoms with Crippen molar-refractivity contribution >= 4 is 11.0 Å². The number of hydrogen-bond acceptors (Lipinski definition) is 5. The molecule has 0 fully saturated rings. The van der Waals surface area contributed by atoms with E-state index in [0.29, 0.717) is 12.4 Å². The zero-order valence-corrected chi connectivity index (χ0v) is 16.9. The van der Waals surface area contributed by atoms with Gasteiger partial charge in [0.15, 0.2) is 0 Å². The maximum atomic E-state index is 12.7. The molecular weight excluding hydrogens is 378 g/mol. The van der Waals surface area contributed by atoms with Gasteiger partial charge in [-0.2, -0.15) is 0 Å². The van der Waals surface area contributed by atoms with Gasteiger partial charge in [0, 0.05) is 59.7 Å². The zero-order valence-electron chi connectivity index (χ0n) is 16.9. The lowest BCUT2D eigenvalue weighted by Crippen LogP contribution is -2.17. The summed E-state index contributed by atoms with van der Waals surface area (Å²) in [5.41, 5.74) is 4.67. The number of nitrogens with zero attached hydrogens (tertiary/aromatic N) is 2. The summed E-state index contributed by atoms with van der Waals surface area (Å²) < 4.78 is 13.5. The van der Waals surface area contributed by atoms with Crippen LogP contribution < -0.4 is 15.6 Å². The van der Waals surface area contributed by atoms with Gasteiger partial charge in [-0.1, -0.05) is 6.07 Å². The Labute approximate surface area is 174 Å². The van der Waals surface area contributed by atoms with Crippen LogP contribution in [0.15, 0.2) is 64.1 Å². The Morgan fingerprint density at radius 3 is 2.87 bits per heavy atom. The van der Waals surface area contributed by atoms with Gasteiger partial charge in [-0.3, -0.25) is 14.3 Å². The SMILES string of the molecule is Cc1ccc(COc2ccn(-c3ccc4c5c(oc4c3)CCNCC5)c(=O)c2)cn1. The van der Waals surface area contributed by atoms with E-state index in [1.54, 1.807) is 23.0 Å². The third kappa shape index (κ3) is 3.62. The Hall–Kier alpha value is -3.38. The standard InChI is InChI=1S/C24H23N3O3/c1-16-2-3-17(14-26-16)15-29-19-8-11-27(24(28)13-19)18-4-5-20-21-6-9-25-10-7-22(21)30-23(20)12-18/h2-5,8,11-14,25H,6-7,9-10,15H2,1H3. The van der Waals surface area contributed by atoms with E-state index in [9.17, 15) is 4.79 Å². The third-order valence-corrected chi connectivity index (χ3v) is 5.49. The van der Waals surface area contributed by atoms with E-state index in [0.717, 1.165) is 59.6 Å². The number of benzene rings is 1. The van der Waals surface area contributed by atoms with Crippen LogP contribution in [0.25, 0.3) is 16.7 Å². The summed E-state index contributed by atoms with van der Waals surface area (Å²) in [5, 5.41) is 4.53. The van der Waals surface area contributed by atoms with Gasteiger partial charge in [-0.25, -0.2) is 0 Å². The van der Waals surface area contributed by atoms with Crippen LogP contribution in [0, 0.1) is 6.92 Å². The fourth-order valence-corrected chi connectivity index (χ4v) is 3.87. The third-order valence-electron chi connectivity index (χ3n) is 5.49. The molecule has 0 saturated carbocycles. The van der Waals surface area contributed by atoms with Crippen molar-refractivity contribution < 1.29 is 9.15 Å². The van der Waals surface area contributed by atoms with E-state index in [-0.39, 0.29) is 5.56 Å². The molecule has 3 aromatic heterocycles. The average Bonchev–Trinajstić information content (AvgIpc) is 2.93. The molecule has 0 amide bonds. The average molecular weight is 401 g/mol. The minimum atomic E-state index is -0.147. The fraction of sp³-hybridized carbons (Fsp3) is 0.250. The van der Waals surface area contributed by atoms with Crippen molar-refractivity contribution in [2.45, 2.75) is 26.4 Å². The van der Waals surface area contributed by atoms with Crippen molar-refractivity contribution in [3.05, 3.63) is 87.8 Å². The minimum Gasteiger partial charge on any atom is -0.489 e. The normalized spacial score (nSPS) is 13.8. The Morgan fingerprint density at radius 1 is 1.13 bits per heavy atom. The smallest absolute Gasteiger partial charge is 0.258 e. The highest BCUT2D eigenvalue weighted by atomic mass is 16.5. The van der Waals surface area contributed by atoms with Gasteiger partial charge in [0.2, 0.25) is 0 Å². The topological polar surface area (TPSA) is 69.3 Å². The first-order valence-corrected chi connectivity index (χ1v) is 10.2. The van der Waals surface area contributed by atoms with Crippen LogP contribution in [0.2, 0.25) is 0 Å². The quantitative estimate of drug-likeness (QED) is 0.566. The Balaban J connectivity index is 1.39. The van der Waals surface area contributed by atoms with E-state index in [4.69, 9.17) is 9.15 Å². The summed E-state index contributed by atoms with van der Waals surface area (Å²) in [6.45, 7) is 4.20. The second-order valence-corrected chi connectivity index (χ2v) is 7.60. The van der Waals surface area contributed by atoms with Crippen LogP contribution in [0.3, 0.4) is 0 Å². The molecule has 4 heterocycles. The summed E-state index contributed by atoms with van der Waals surface area (Å²) in [5.74, 6) is 1.59. The molecule has 4 aromatic rings. The van der Waals surface area contributed by atoms with Crippen molar-refractivity contribution in [2.75, 3.05) is 13.1 Å². The maximum Gasteiger partial charge on any atom is 0.258 e. The van der Waals surface area contributed by atoms with Gasteiger partial charge >= 0.3 is 0 Å². The van der Waals surface area contributed by atoms with Crippen molar-refractivity contribution in [2.24, 2.45) is 0 Å². The van der Waals surface area contributed by atoms with E-state index >= 15 is 0 Å². The van der Waals surface area contributed by atoms with Crippen LogP contribution in [0.1, 0.15) is 22.6 Å². The van der Waals surface area contributed by atoms with Gasteiger partial charge < -0.3 is 14.5 Å². The predicted molar refractivity (Wildman–Crippen MR) is 115 cm³/mol. The van der Waals surface area contributed by atoms with E-state index in [1.807, 2.05) is 31.2 Å². The molecule has 152 valence electrons. The molecule has 0 unspecified atom stereocenters. The first-order chi connectivity index (χ1) is 14.7. The molecule has 5 rings (SSSR count). The lowest BCUT2D eigenvalue weighted by atomic mass is 10.1. The molecule has 0 spiro atoms.